The van der Waals surface area contributed by atoms with Gasteiger partial charge >= 0.3 is 6.09 Å². The third-order valence-corrected chi connectivity index (χ3v) is 11.0. The van der Waals surface area contributed by atoms with Crippen molar-refractivity contribution in [2.45, 2.75) is 70.7 Å². The molecule has 1 aliphatic rings. The van der Waals surface area contributed by atoms with Gasteiger partial charge in [-0.1, -0.05) is 81.4 Å². The fourth-order valence-electron chi connectivity index (χ4n) is 4.41. The number of rotatable bonds is 7. The van der Waals surface area contributed by atoms with E-state index in [1.54, 1.807) is 0 Å². The van der Waals surface area contributed by atoms with E-state index in [-0.39, 0.29) is 23.7 Å². The summed E-state index contributed by atoms with van der Waals surface area (Å²) in [5.74, 6) is 0.0502. The number of hydrogen-bond donors (Lipinski definition) is 2. The lowest BCUT2D eigenvalue weighted by Gasteiger charge is -2.43. The molecule has 2 N–H and O–H groups in total. The Morgan fingerprint density at radius 3 is 1.91 bits per heavy atom. The monoisotopic (exact) mass is 455 g/mol. The SMILES string of the molecule is CC(C)(C)OC(=O)N[C@@H](CO)[C@@H]1C[C@@H]1O[Si](c1ccccc1)(c1ccccc1)C(C)(C)C. The Morgan fingerprint density at radius 1 is 1.00 bits per heavy atom. The molecule has 0 bridgehead atoms. The maximum absolute atomic E-state index is 12.3. The van der Waals surface area contributed by atoms with Gasteiger partial charge in [-0.3, -0.25) is 0 Å². The highest BCUT2D eigenvalue weighted by atomic mass is 28.4. The van der Waals surface area contributed by atoms with Crippen LogP contribution < -0.4 is 15.7 Å². The van der Waals surface area contributed by atoms with Crippen LogP contribution in [0.5, 0.6) is 0 Å². The molecule has 1 amide bonds. The molecule has 0 aromatic heterocycles. The number of hydrogen-bond acceptors (Lipinski definition) is 4. The molecule has 1 aliphatic carbocycles. The van der Waals surface area contributed by atoms with Crippen LogP contribution in [-0.4, -0.2) is 43.9 Å². The van der Waals surface area contributed by atoms with Crippen molar-refractivity contribution >= 4 is 24.8 Å². The number of alkyl carbamates (subject to hydrolysis) is 1. The van der Waals surface area contributed by atoms with Gasteiger partial charge in [0.05, 0.1) is 18.8 Å². The van der Waals surface area contributed by atoms with E-state index in [1.807, 2.05) is 32.9 Å². The van der Waals surface area contributed by atoms with Gasteiger partial charge in [-0.2, -0.15) is 0 Å². The largest absolute Gasteiger partial charge is 0.444 e. The first-order chi connectivity index (χ1) is 15.0. The van der Waals surface area contributed by atoms with Crippen molar-refractivity contribution in [1.29, 1.82) is 0 Å². The van der Waals surface area contributed by atoms with Crippen molar-refractivity contribution in [1.82, 2.24) is 5.32 Å². The van der Waals surface area contributed by atoms with Crippen LogP contribution in [0.3, 0.4) is 0 Å². The van der Waals surface area contributed by atoms with E-state index in [1.165, 1.54) is 10.4 Å². The van der Waals surface area contributed by atoms with E-state index in [0.29, 0.717) is 0 Å². The summed E-state index contributed by atoms with van der Waals surface area (Å²) in [6.07, 6.45) is 0.256. The molecule has 32 heavy (non-hydrogen) atoms. The summed E-state index contributed by atoms with van der Waals surface area (Å²) in [6.45, 7) is 12.1. The molecule has 0 saturated heterocycles. The summed E-state index contributed by atoms with van der Waals surface area (Å²) in [5, 5.41) is 15.2. The van der Waals surface area contributed by atoms with Gasteiger partial charge in [-0.15, -0.1) is 0 Å². The molecule has 0 radical (unpaired) electrons. The average Bonchev–Trinajstić information content (AvgIpc) is 3.48. The minimum Gasteiger partial charge on any atom is -0.444 e. The Kier molecular flexibility index (Phi) is 7.17. The number of aliphatic hydroxyl groups excluding tert-OH is 1. The second-order valence-corrected chi connectivity index (χ2v) is 14.9. The molecule has 2 aromatic rings. The van der Waals surface area contributed by atoms with Gasteiger partial charge in [-0.25, -0.2) is 4.79 Å². The number of nitrogens with one attached hydrogen (secondary N) is 1. The van der Waals surface area contributed by atoms with Crippen molar-refractivity contribution in [2.75, 3.05) is 6.61 Å². The molecule has 1 fully saturated rings. The highest BCUT2D eigenvalue weighted by molar-refractivity contribution is 6.99. The first-order valence-corrected chi connectivity index (χ1v) is 13.3. The van der Waals surface area contributed by atoms with Gasteiger partial charge in [0.2, 0.25) is 0 Å². The Morgan fingerprint density at radius 2 is 1.50 bits per heavy atom. The van der Waals surface area contributed by atoms with Crippen LogP contribution in [0, 0.1) is 5.92 Å². The molecule has 2 aromatic carbocycles. The second kappa shape index (κ2) is 9.38. The van der Waals surface area contributed by atoms with Crippen molar-refractivity contribution in [3.05, 3.63) is 60.7 Å². The lowest BCUT2D eigenvalue weighted by Crippen LogP contribution is -2.67. The summed E-state index contributed by atoms with van der Waals surface area (Å²) in [6, 6.07) is 20.6. The maximum Gasteiger partial charge on any atom is 0.407 e. The Labute approximate surface area is 193 Å². The number of benzene rings is 2. The van der Waals surface area contributed by atoms with Crippen LogP contribution in [0.1, 0.15) is 48.0 Å². The van der Waals surface area contributed by atoms with Gasteiger partial charge in [0.25, 0.3) is 8.32 Å². The van der Waals surface area contributed by atoms with E-state index in [2.05, 4.69) is 74.6 Å². The zero-order valence-corrected chi connectivity index (χ0v) is 21.1. The van der Waals surface area contributed by atoms with Crippen LogP contribution in [0.15, 0.2) is 60.7 Å². The number of carbonyl (C=O) groups is 1. The molecule has 6 heteroatoms. The van der Waals surface area contributed by atoms with E-state index in [4.69, 9.17) is 9.16 Å². The molecular weight excluding hydrogens is 418 g/mol. The minimum absolute atomic E-state index is 0.0339. The fourth-order valence-corrected chi connectivity index (χ4v) is 9.15. The van der Waals surface area contributed by atoms with Crippen molar-refractivity contribution in [3.63, 3.8) is 0 Å². The van der Waals surface area contributed by atoms with Gasteiger partial charge in [0.15, 0.2) is 0 Å². The van der Waals surface area contributed by atoms with Crippen LogP contribution in [0.25, 0.3) is 0 Å². The molecule has 0 spiro atoms. The lowest BCUT2D eigenvalue weighted by atomic mass is 10.2. The van der Waals surface area contributed by atoms with Crippen LogP contribution in [0.4, 0.5) is 4.79 Å². The Balaban J connectivity index is 1.88. The van der Waals surface area contributed by atoms with Gasteiger partial charge < -0.3 is 19.6 Å². The summed E-state index contributed by atoms with van der Waals surface area (Å²) in [5.41, 5.74) is -0.585. The molecule has 3 atom stereocenters. The summed E-state index contributed by atoms with van der Waals surface area (Å²) < 4.78 is 12.5. The Bertz CT molecular complexity index is 850. The summed E-state index contributed by atoms with van der Waals surface area (Å²) in [7, 11) is -2.65. The highest BCUT2D eigenvalue weighted by Crippen LogP contribution is 2.45. The molecule has 0 aliphatic heterocycles. The topological polar surface area (TPSA) is 67.8 Å². The van der Waals surface area contributed by atoms with E-state index in [9.17, 15) is 9.90 Å². The number of ether oxygens (including phenoxy) is 1. The Hall–Kier alpha value is -2.15. The quantitative estimate of drug-likeness (QED) is 0.623. The van der Waals surface area contributed by atoms with E-state index in [0.717, 1.165) is 6.42 Å². The third-order valence-electron chi connectivity index (χ3n) is 5.94. The van der Waals surface area contributed by atoms with Gasteiger partial charge in [0.1, 0.15) is 5.60 Å². The molecule has 3 rings (SSSR count). The first kappa shape index (κ1) is 24.5. The van der Waals surface area contributed by atoms with Crippen molar-refractivity contribution < 1.29 is 19.1 Å². The fraction of sp³-hybridized carbons (Fsp3) is 0.500. The van der Waals surface area contributed by atoms with Crippen LogP contribution in [-0.2, 0) is 9.16 Å². The van der Waals surface area contributed by atoms with Crippen molar-refractivity contribution in [2.24, 2.45) is 5.92 Å². The minimum atomic E-state index is -2.65. The highest BCUT2D eigenvalue weighted by Gasteiger charge is 2.56. The normalized spacial score (nSPS) is 19.8. The summed E-state index contributed by atoms with van der Waals surface area (Å²) >= 11 is 0. The third kappa shape index (κ3) is 5.42. The standard InChI is InChI=1S/C26H37NO4Si/c1-25(2,3)30-24(29)27-22(18-28)21-17-23(21)31-32(26(4,5)6,19-13-9-7-10-14-19)20-15-11-8-12-16-20/h7-16,21-23,28H,17-18H2,1-6H3,(H,27,29)/t21-,22-,23-/m0/s1. The smallest absolute Gasteiger partial charge is 0.407 e. The maximum atomic E-state index is 12.3. The van der Waals surface area contributed by atoms with Crippen molar-refractivity contribution in [3.8, 4) is 0 Å². The number of aliphatic hydroxyl groups is 1. The molecule has 1 saturated carbocycles. The second-order valence-electron chi connectivity index (χ2n) is 10.7. The molecule has 5 nitrogen and oxygen atoms in total. The average molecular weight is 456 g/mol. The van der Waals surface area contributed by atoms with Gasteiger partial charge in [-0.05, 0) is 42.6 Å². The number of carbonyl (C=O) groups excluding carboxylic acids is 1. The molecule has 0 heterocycles. The zero-order chi connectivity index (χ0) is 23.6. The predicted octanol–water partition coefficient (Wildman–Crippen LogP) is 3.84. The predicted molar refractivity (Wildman–Crippen MR) is 131 cm³/mol. The first-order valence-electron chi connectivity index (χ1n) is 11.4. The van der Waals surface area contributed by atoms with Crippen LogP contribution >= 0.6 is 0 Å². The molecule has 0 unspecified atom stereocenters. The molecule has 174 valence electrons. The number of amides is 1. The van der Waals surface area contributed by atoms with E-state index < -0.39 is 26.1 Å². The zero-order valence-electron chi connectivity index (χ0n) is 20.1. The summed E-state index contributed by atoms with van der Waals surface area (Å²) in [4.78, 5) is 12.3. The van der Waals surface area contributed by atoms with Crippen LogP contribution in [0.2, 0.25) is 5.04 Å². The lowest BCUT2D eigenvalue weighted by molar-refractivity contribution is 0.0467. The van der Waals surface area contributed by atoms with E-state index >= 15 is 0 Å². The molecular formula is C26H37NO4Si. The van der Waals surface area contributed by atoms with Gasteiger partial charge in [0, 0.05) is 5.92 Å².